The molecule has 0 bridgehead atoms. The molecule has 1 aliphatic rings. The van der Waals surface area contributed by atoms with Crippen molar-refractivity contribution in [3.63, 3.8) is 0 Å². The molecule has 0 spiro atoms. The van der Waals surface area contributed by atoms with E-state index in [0.717, 1.165) is 26.1 Å². The van der Waals surface area contributed by atoms with E-state index in [4.69, 9.17) is 28.3 Å². The first-order chi connectivity index (χ1) is 16.9. The van der Waals surface area contributed by atoms with Crippen molar-refractivity contribution in [1.29, 1.82) is 0 Å². The van der Waals surface area contributed by atoms with Crippen LogP contribution in [0.15, 0.2) is 88.8 Å². The van der Waals surface area contributed by atoms with Gasteiger partial charge in [0.2, 0.25) is 5.95 Å². The van der Waals surface area contributed by atoms with Crippen LogP contribution in [0.4, 0.5) is 5.95 Å². The molecule has 8 nitrogen and oxygen atoms in total. The first-order valence-electron chi connectivity index (χ1n) is 10.8. The number of benzene rings is 3. The summed E-state index contributed by atoms with van der Waals surface area (Å²) in [4.78, 5) is 24.8. The lowest BCUT2D eigenvalue weighted by molar-refractivity contribution is -0.137. The Labute approximate surface area is 210 Å². The van der Waals surface area contributed by atoms with Crippen LogP contribution in [0, 0.1) is 0 Å². The van der Waals surface area contributed by atoms with E-state index < -0.39 is 18.2 Å². The average molecular weight is 508 g/mol. The molecule has 10 heteroatoms. The van der Waals surface area contributed by atoms with E-state index in [1.807, 2.05) is 42.5 Å². The average Bonchev–Trinajstić information content (AvgIpc) is 3.43. The van der Waals surface area contributed by atoms with Gasteiger partial charge in [0.05, 0.1) is 17.9 Å². The lowest BCUT2D eigenvalue weighted by Gasteiger charge is -2.15. The molecule has 0 aliphatic carbocycles. The third kappa shape index (κ3) is 4.58. The first-order valence-corrected chi connectivity index (χ1v) is 11.5. The van der Waals surface area contributed by atoms with Crippen LogP contribution in [-0.2, 0) is 11.3 Å². The van der Waals surface area contributed by atoms with E-state index >= 15 is 0 Å². The van der Waals surface area contributed by atoms with Gasteiger partial charge in [0, 0.05) is 16.0 Å². The molecular weight excluding hydrogens is 489 g/mol. The molecule has 0 amide bonds. The Morgan fingerprint density at radius 2 is 1.57 bits per heavy atom. The van der Waals surface area contributed by atoms with Crippen molar-refractivity contribution in [1.82, 2.24) is 14.3 Å². The summed E-state index contributed by atoms with van der Waals surface area (Å²) in [5.41, 5.74) is 2.55. The van der Waals surface area contributed by atoms with Gasteiger partial charge >= 0.3 is 11.7 Å². The predicted octanol–water partition coefficient (Wildman–Crippen LogP) is 4.43. The van der Waals surface area contributed by atoms with E-state index in [1.54, 1.807) is 41.4 Å². The fraction of sp³-hybridized carbons (Fsp3) is 0.120. The van der Waals surface area contributed by atoms with Crippen LogP contribution in [0.2, 0.25) is 10.0 Å². The predicted molar refractivity (Wildman–Crippen MR) is 135 cm³/mol. The standard InChI is InChI=1S/C25H19Cl2N5O3/c26-18-8-6-17(7-9-18)23-21(16-4-2-1-3-5-16)14-31(28-23)24-29-32(20-12-10-19(27)11-13-20)25(35)30(24)15-22(33)34/h1-13,21H,14-15H2,(H,33,34)/t21-/m0/s1. The molecule has 1 N–H and O–H groups in total. The van der Waals surface area contributed by atoms with E-state index in [1.165, 1.54) is 0 Å². The zero-order chi connectivity index (χ0) is 24.5. The van der Waals surface area contributed by atoms with Gasteiger partial charge in [-0.05, 0) is 47.5 Å². The molecule has 1 aromatic heterocycles. The van der Waals surface area contributed by atoms with Crippen molar-refractivity contribution in [3.8, 4) is 5.69 Å². The Bertz CT molecular complexity index is 1460. The summed E-state index contributed by atoms with van der Waals surface area (Å²) >= 11 is 12.1. The van der Waals surface area contributed by atoms with Gasteiger partial charge in [0.1, 0.15) is 6.54 Å². The first kappa shape index (κ1) is 22.9. The second-order valence-electron chi connectivity index (χ2n) is 7.99. The Morgan fingerprint density at radius 1 is 0.943 bits per heavy atom. The number of carboxylic acids is 1. The Morgan fingerprint density at radius 3 is 2.20 bits per heavy atom. The highest BCUT2D eigenvalue weighted by molar-refractivity contribution is 6.31. The van der Waals surface area contributed by atoms with Gasteiger partial charge in [-0.15, -0.1) is 5.10 Å². The molecule has 5 rings (SSSR count). The lowest BCUT2D eigenvalue weighted by Crippen LogP contribution is -2.29. The molecule has 1 atom stereocenters. The number of hydrogen-bond acceptors (Lipinski definition) is 5. The summed E-state index contributed by atoms with van der Waals surface area (Å²) in [6.07, 6.45) is 0. The van der Waals surface area contributed by atoms with Crippen LogP contribution in [-0.4, -0.2) is 37.7 Å². The van der Waals surface area contributed by atoms with Crippen molar-refractivity contribution in [2.75, 3.05) is 11.6 Å². The quantitative estimate of drug-likeness (QED) is 0.416. The van der Waals surface area contributed by atoms with Gasteiger partial charge < -0.3 is 5.11 Å². The van der Waals surface area contributed by atoms with Crippen LogP contribution in [0.3, 0.4) is 0 Å². The second kappa shape index (κ2) is 9.40. The topological polar surface area (TPSA) is 92.7 Å². The number of carboxylic acid groups (broad SMARTS) is 1. The molecule has 4 aromatic rings. The summed E-state index contributed by atoms with van der Waals surface area (Å²) in [7, 11) is 0. The van der Waals surface area contributed by atoms with Gasteiger partial charge in [-0.25, -0.2) is 14.4 Å². The largest absolute Gasteiger partial charge is 0.480 e. The van der Waals surface area contributed by atoms with Gasteiger partial charge in [-0.2, -0.15) is 9.78 Å². The van der Waals surface area contributed by atoms with Gasteiger partial charge in [0.25, 0.3) is 0 Å². The molecule has 2 heterocycles. The number of hydrazone groups is 1. The van der Waals surface area contributed by atoms with Crippen molar-refractivity contribution < 1.29 is 9.90 Å². The highest BCUT2D eigenvalue weighted by Crippen LogP contribution is 2.31. The molecule has 0 radical (unpaired) electrons. The third-order valence-electron chi connectivity index (χ3n) is 5.69. The van der Waals surface area contributed by atoms with E-state index in [-0.39, 0.29) is 11.9 Å². The fourth-order valence-electron chi connectivity index (χ4n) is 4.06. The van der Waals surface area contributed by atoms with E-state index in [2.05, 4.69) is 5.10 Å². The van der Waals surface area contributed by atoms with Crippen LogP contribution in [0.25, 0.3) is 5.69 Å². The molecule has 0 fully saturated rings. The van der Waals surface area contributed by atoms with E-state index in [9.17, 15) is 14.7 Å². The smallest absolute Gasteiger partial charge is 0.352 e. The zero-order valence-electron chi connectivity index (χ0n) is 18.3. The van der Waals surface area contributed by atoms with Crippen molar-refractivity contribution in [2.45, 2.75) is 12.5 Å². The molecule has 3 aromatic carbocycles. The van der Waals surface area contributed by atoms with Gasteiger partial charge in [-0.3, -0.25) is 4.79 Å². The Hall–Kier alpha value is -3.88. The Balaban J connectivity index is 1.63. The molecule has 1 aliphatic heterocycles. The molecule has 35 heavy (non-hydrogen) atoms. The van der Waals surface area contributed by atoms with Crippen molar-refractivity contribution in [3.05, 3.63) is 111 Å². The van der Waals surface area contributed by atoms with Crippen LogP contribution in [0.1, 0.15) is 17.0 Å². The number of halogens is 2. The van der Waals surface area contributed by atoms with Crippen LogP contribution in [0.5, 0.6) is 0 Å². The summed E-state index contributed by atoms with van der Waals surface area (Å²) in [6.45, 7) is -0.182. The number of anilines is 1. The maximum Gasteiger partial charge on any atom is 0.352 e. The van der Waals surface area contributed by atoms with Crippen molar-refractivity contribution >= 4 is 40.8 Å². The zero-order valence-corrected chi connectivity index (χ0v) is 19.8. The second-order valence-corrected chi connectivity index (χ2v) is 8.86. The third-order valence-corrected chi connectivity index (χ3v) is 6.20. The minimum Gasteiger partial charge on any atom is -0.480 e. The van der Waals surface area contributed by atoms with Crippen molar-refractivity contribution in [2.24, 2.45) is 5.10 Å². The lowest BCUT2D eigenvalue weighted by atomic mass is 9.91. The molecule has 0 saturated heterocycles. The summed E-state index contributed by atoms with van der Waals surface area (Å²) in [5.74, 6) is -1.16. The van der Waals surface area contributed by atoms with Crippen LogP contribution >= 0.6 is 23.2 Å². The summed E-state index contributed by atoms with van der Waals surface area (Å²) in [6, 6.07) is 23.8. The molecule has 0 unspecified atom stereocenters. The monoisotopic (exact) mass is 507 g/mol. The van der Waals surface area contributed by atoms with Gasteiger partial charge in [-0.1, -0.05) is 65.7 Å². The van der Waals surface area contributed by atoms with Gasteiger partial charge in [0.15, 0.2) is 0 Å². The highest BCUT2D eigenvalue weighted by Gasteiger charge is 2.33. The number of hydrogen-bond donors (Lipinski definition) is 1. The molecular formula is C25H19Cl2N5O3. The molecule has 176 valence electrons. The normalized spacial score (nSPS) is 15.3. The summed E-state index contributed by atoms with van der Waals surface area (Å²) in [5, 5.41) is 21.5. The fourth-order valence-corrected chi connectivity index (χ4v) is 4.31. The SMILES string of the molecule is O=C(O)Cn1c(N2C[C@@H](c3ccccc3)C(c3ccc(Cl)cc3)=N2)nn(-c2ccc(Cl)cc2)c1=O. The number of aromatic nitrogens is 3. The number of rotatable bonds is 6. The Kier molecular flexibility index (Phi) is 6.15. The minimum atomic E-state index is -1.16. The summed E-state index contributed by atoms with van der Waals surface area (Å²) < 4.78 is 2.26. The maximum absolute atomic E-state index is 13.2. The van der Waals surface area contributed by atoms with E-state index in [0.29, 0.717) is 22.3 Å². The highest BCUT2D eigenvalue weighted by atomic mass is 35.5. The number of carbonyl (C=O) groups is 1. The minimum absolute atomic E-state index is 0.133. The van der Waals surface area contributed by atoms with Crippen LogP contribution < -0.4 is 10.7 Å². The number of aliphatic carboxylic acids is 1. The molecule has 0 saturated carbocycles. The number of nitrogens with zero attached hydrogens (tertiary/aromatic N) is 5. The maximum atomic E-state index is 13.2.